The molecular formula is C22H36ClN5O. The van der Waals surface area contributed by atoms with Gasteiger partial charge in [0.15, 0.2) is 5.96 Å². The molecule has 2 fully saturated rings. The van der Waals surface area contributed by atoms with Crippen LogP contribution >= 0.6 is 11.6 Å². The van der Waals surface area contributed by atoms with Crippen LogP contribution in [0.15, 0.2) is 23.2 Å². The molecule has 2 heterocycles. The maximum Gasteiger partial charge on any atom is 0.191 e. The van der Waals surface area contributed by atoms with Crippen LogP contribution < -0.4 is 20.3 Å². The number of guanidine groups is 1. The summed E-state index contributed by atoms with van der Waals surface area (Å²) >= 11 is 6.21. The highest BCUT2D eigenvalue weighted by molar-refractivity contribution is 6.30. The van der Waals surface area contributed by atoms with Gasteiger partial charge in [-0.2, -0.15) is 0 Å². The summed E-state index contributed by atoms with van der Waals surface area (Å²) in [6.07, 6.45) is 3.63. The largest absolute Gasteiger partial charge is 0.495 e. The number of hydrogen-bond donors (Lipinski definition) is 2. The molecule has 1 aromatic carbocycles. The number of anilines is 1. The van der Waals surface area contributed by atoms with E-state index in [1.165, 1.54) is 25.9 Å². The molecule has 2 aliphatic heterocycles. The van der Waals surface area contributed by atoms with Gasteiger partial charge >= 0.3 is 0 Å². The number of ether oxygens (including phenoxy) is 1. The summed E-state index contributed by atoms with van der Waals surface area (Å²) in [6, 6.07) is 6.77. The first-order valence-corrected chi connectivity index (χ1v) is 11.2. The molecule has 0 aliphatic carbocycles. The number of rotatable bonds is 6. The quantitative estimate of drug-likeness (QED) is 0.545. The van der Waals surface area contributed by atoms with Gasteiger partial charge in [0.25, 0.3) is 0 Å². The van der Waals surface area contributed by atoms with Gasteiger partial charge in [-0.05, 0) is 63.8 Å². The smallest absolute Gasteiger partial charge is 0.191 e. The SMILES string of the molecule is CN=C(NCC1CCCN(C(C)C)C1)NC1CCN(c2cc(Cl)ccc2OC)C1. The van der Waals surface area contributed by atoms with Crippen molar-refractivity contribution in [2.75, 3.05) is 51.8 Å². The molecule has 2 saturated heterocycles. The lowest BCUT2D eigenvalue weighted by Gasteiger charge is -2.35. The Balaban J connectivity index is 1.50. The van der Waals surface area contributed by atoms with Crippen molar-refractivity contribution < 1.29 is 4.74 Å². The van der Waals surface area contributed by atoms with Crippen LogP contribution in [0.5, 0.6) is 5.75 Å². The van der Waals surface area contributed by atoms with Gasteiger partial charge in [-0.15, -0.1) is 0 Å². The highest BCUT2D eigenvalue weighted by Gasteiger charge is 2.26. The molecular weight excluding hydrogens is 386 g/mol. The zero-order chi connectivity index (χ0) is 20.8. The van der Waals surface area contributed by atoms with Crippen LogP contribution in [-0.4, -0.2) is 69.8 Å². The molecule has 2 atom stereocenters. The van der Waals surface area contributed by atoms with Gasteiger partial charge in [0, 0.05) is 50.3 Å². The van der Waals surface area contributed by atoms with Gasteiger partial charge in [0.1, 0.15) is 5.75 Å². The molecule has 7 heteroatoms. The van der Waals surface area contributed by atoms with Crippen molar-refractivity contribution in [1.29, 1.82) is 0 Å². The van der Waals surface area contributed by atoms with E-state index in [4.69, 9.17) is 16.3 Å². The van der Waals surface area contributed by atoms with Crippen molar-refractivity contribution in [1.82, 2.24) is 15.5 Å². The molecule has 2 aliphatic rings. The normalized spacial score (nSPS) is 23.5. The lowest BCUT2D eigenvalue weighted by atomic mass is 9.97. The molecule has 0 bridgehead atoms. The van der Waals surface area contributed by atoms with E-state index in [2.05, 4.69) is 39.3 Å². The summed E-state index contributed by atoms with van der Waals surface area (Å²) in [5.74, 6) is 2.45. The summed E-state index contributed by atoms with van der Waals surface area (Å²) in [5, 5.41) is 7.89. The Morgan fingerprint density at radius 1 is 1.28 bits per heavy atom. The number of methoxy groups -OCH3 is 1. The van der Waals surface area contributed by atoms with Gasteiger partial charge in [-0.25, -0.2) is 0 Å². The van der Waals surface area contributed by atoms with Crippen LogP contribution in [0.1, 0.15) is 33.1 Å². The van der Waals surface area contributed by atoms with Gasteiger partial charge in [-0.1, -0.05) is 11.6 Å². The van der Waals surface area contributed by atoms with Crippen LogP contribution in [0.3, 0.4) is 0 Å². The third-order valence-corrected chi connectivity index (χ3v) is 6.31. The topological polar surface area (TPSA) is 52.1 Å². The molecule has 0 saturated carbocycles. The summed E-state index contributed by atoms with van der Waals surface area (Å²) in [4.78, 5) is 9.37. The lowest BCUT2D eigenvalue weighted by molar-refractivity contribution is 0.141. The summed E-state index contributed by atoms with van der Waals surface area (Å²) in [5.41, 5.74) is 1.06. The minimum absolute atomic E-state index is 0.350. The van der Waals surface area contributed by atoms with Gasteiger partial charge in [0.05, 0.1) is 12.8 Å². The van der Waals surface area contributed by atoms with Crippen LogP contribution in [0.25, 0.3) is 0 Å². The van der Waals surface area contributed by atoms with Crippen molar-refractivity contribution in [2.45, 2.75) is 45.2 Å². The average molecular weight is 422 g/mol. The Morgan fingerprint density at radius 2 is 2.10 bits per heavy atom. The van der Waals surface area contributed by atoms with Gasteiger partial charge < -0.3 is 25.2 Å². The molecule has 2 N–H and O–H groups in total. The van der Waals surface area contributed by atoms with Crippen molar-refractivity contribution in [3.8, 4) is 5.75 Å². The molecule has 0 radical (unpaired) electrons. The molecule has 162 valence electrons. The minimum atomic E-state index is 0.350. The predicted molar refractivity (Wildman–Crippen MR) is 123 cm³/mol. The Hall–Kier alpha value is -1.66. The first-order valence-electron chi connectivity index (χ1n) is 10.8. The van der Waals surface area contributed by atoms with Crippen LogP contribution in [0.2, 0.25) is 5.02 Å². The van der Waals surface area contributed by atoms with E-state index in [9.17, 15) is 0 Å². The zero-order valence-electron chi connectivity index (χ0n) is 18.2. The van der Waals surface area contributed by atoms with E-state index in [0.717, 1.165) is 48.5 Å². The lowest BCUT2D eigenvalue weighted by Crippen LogP contribution is -2.48. The molecule has 0 amide bonds. The third-order valence-electron chi connectivity index (χ3n) is 6.07. The Labute approximate surface area is 180 Å². The third kappa shape index (κ3) is 5.92. The van der Waals surface area contributed by atoms with Crippen LogP contribution in [-0.2, 0) is 0 Å². The fourth-order valence-corrected chi connectivity index (χ4v) is 4.54. The minimum Gasteiger partial charge on any atom is -0.495 e. The average Bonchev–Trinajstić information content (AvgIpc) is 3.19. The summed E-state index contributed by atoms with van der Waals surface area (Å²) in [7, 11) is 3.55. The highest BCUT2D eigenvalue weighted by atomic mass is 35.5. The molecule has 0 aromatic heterocycles. The fraction of sp³-hybridized carbons (Fsp3) is 0.682. The van der Waals surface area contributed by atoms with Gasteiger partial charge in [-0.3, -0.25) is 4.99 Å². The second kappa shape index (κ2) is 10.4. The summed E-state index contributed by atoms with van der Waals surface area (Å²) in [6.45, 7) is 9.83. The van der Waals surface area contributed by atoms with E-state index in [0.29, 0.717) is 18.0 Å². The maximum absolute atomic E-state index is 6.21. The van der Waals surface area contributed by atoms with Crippen LogP contribution in [0.4, 0.5) is 5.69 Å². The van der Waals surface area contributed by atoms with Gasteiger partial charge in [0.2, 0.25) is 0 Å². The van der Waals surface area contributed by atoms with E-state index in [-0.39, 0.29) is 0 Å². The second-order valence-electron chi connectivity index (χ2n) is 8.44. The van der Waals surface area contributed by atoms with Crippen LogP contribution in [0, 0.1) is 5.92 Å². The van der Waals surface area contributed by atoms with E-state index < -0.39 is 0 Å². The standard InChI is InChI=1S/C22H36ClN5O/c1-16(2)27-10-5-6-17(14-27)13-25-22(24-3)26-19-9-11-28(15-19)20-12-18(23)7-8-21(20)29-4/h7-8,12,16-17,19H,5-6,9-11,13-15H2,1-4H3,(H2,24,25,26). The molecule has 29 heavy (non-hydrogen) atoms. The fourth-order valence-electron chi connectivity index (χ4n) is 4.37. The van der Waals surface area contributed by atoms with E-state index in [1.54, 1.807) is 7.11 Å². The van der Waals surface area contributed by atoms with E-state index in [1.807, 2.05) is 25.2 Å². The van der Waals surface area contributed by atoms with Crippen molar-refractivity contribution >= 4 is 23.2 Å². The Morgan fingerprint density at radius 3 is 2.83 bits per heavy atom. The number of nitrogens with zero attached hydrogens (tertiary/aromatic N) is 3. The van der Waals surface area contributed by atoms with E-state index >= 15 is 0 Å². The number of aliphatic imine (C=N–C) groups is 1. The summed E-state index contributed by atoms with van der Waals surface area (Å²) < 4.78 is 5.52. The molecule has 6 nitrogen and oxygen atoms in total. The zero-order valence-corrected chi connectivity index (χ0v) is 19.0. The van der Waals surface area contributed by atoms with Crippen molar-refractivity contribution in [3.05, 3.63) is 23.2 Å². The second-order valence-corrected chi connectivity index (χ2v) is 8.88. The monoisotopic (exact) mass is 421 g/mol. The molecule has 2 unspecified atom stereocenters. The number of benzene rings is 1. The molecule has 0 spiro atoms. The Kier molecular flexibility index (Phi) is 7.90. The van der Waals surface area contributed by atoms with Crippen molar-refractivity contribution in [2.24, 2.45) is 10.9 Å². The molecule has 1 aromatic rings. The number of piperidine rings is 1. The maximum atomic E-state index is 6.21. The molecule has 3 rings (SSSR count). The number of nitrogens with one attached hydrogen (secondary N) is 2. The predicted octanol–water partition coefficient (Wildman–Crippen LogP) is 3.21. The van der Waals surface area contributed by atoms with Crippen molar-refractivity contribution in [3.63, 3.8) is 0 Å². The number of hydrogen-bond acceptors (Lipinski definition) is 4. The first-order chi connectivity index (χ1) is 14.0. The first kappa shape index (κ1) is 22.0. The Bertz CT molecular complexity index is 696. The number of likely N-dealkylation sites (tertiary alicyclic amines) is 1. The highest BCUT2D eigenvalue weighted by Crippen LogP contribution is 2.33. The number of halogens is 1.